The second-order valence-corrected chi connectivity index (χ2v) is 6.59. The monoisotopic (exact) mass is 354 g/mol. The average Bonchev–Trinajstić information content (AvgIpc) is 2.66. The standard InChI is InChI=1S/C20H26N4O2/c25-14-11-21-19-10-9-18(22-23-19)16-7-6-8-17(15-16)20(26)24-12-4-2-1-3-5-13-24/h6-10,15,25H,1-5,11-14H2,(H,21,23). The summed E-state index contributed by atoms with van der Waals surface area (Å²) in [5, 5.41) is 20.1. The van der Waals surface area contributed by atoms with Crippen molar-refractivity contribution in [2.45, 2.75) is 32.1 Å². The summed E-state index contributed by atoms with van der Waals surface area (Å²) in [7, 11) is 0. The molecule has 0 bridgehead atoms. The number of aliphatic hydroxyl groups excluding tert-OH is 1. The second-order valence-electron chi connectivity index (χ2n) is 6.59. The fraction of sp³-hybridized carbons (Fsp3) is 0.450. The molecule has 1 fully saturated rings. The van der Waals surface area contributed by atoms with Crippen molar-refractivity contribution in [1.82, 2.24) is 15.1 Å². The molecule has 0 unspecified atom stereocenters. The van der Waals surface area contributed by atoms with Crippen LogP contribution in [0.1, 0.15) is 42.5 Å². The molecule has 1 aromatic carbocycles. The molecule has 3 rings (SSSR count). The molecule has 1 aromatic heterocycles. The summed E-state index contributed by atoms with van der Waals surface area (Å²) in [6, 6.07) is 11.3. The number of hydrogen-bond donors (Lipinski definition) is 2. The van der Waals surface area contributed by atoms with E-state index in [1.54, 1.807) is 0 Å². The lowest BCUT2D eigenvalue weighted by Gasteiger charge is -2.25. The molecule has 2 heterocycles. The van der Waals surface area contributed by atoms with Crippen molar-refractivity contribution in [2.75, 3.05) is 31.6 Å². The molecule has 2 N–H and O–H groups in total. The van der Waals surface area contributed by atoms with Crippen LogP contribution < -0.4 is 5.32 Å². The van der Waals surface area contributed by atoms with E-state index in [-0.39, 0.29) is 12.5 Å². The van der Waals surface area contributed by atoms with Crippen LogP contribution in [0.25, 0.3) is 11.3 Å². The molecular weight excluding hydrogens is 328 g/mol. The predicted molar refractivity (Wildman–Crippen MR) is 102 cm³/mol. The predicted octanol–water partition coefficient (Wildman–Crippen LogP) is 2.95. The third-order valence-corrected chi connectivity index (χ3v) is 4.63. The van der Waals surface area contributed by atoms with Crippen molar-refractivity contribution in [3.05, 3.63) is 42.0 Å². The summed E-state index contributed by atoms with van der Waals surface area (Å²) in [5.74, 6) is 0.721. The topological polar surface area (TPSA) is 78.3 Å². The number of hydrogen-bond acceptors (Lipinski definition) is 5. The third kappa shape index (κ3) is 4.79. The van der Waals surface area contributed by atoms with Gasteiger partial charge in [0, 0.05) is 30.8 Å². The first kappa shape index (κ1) is 18.3. The van der Waals surface area contributed by atoms with Crippen molar-refractivity contribution < 1.29 is 9.90 Å². The van der Waals surface area contributed by atoms with Gasteiger partial charge in [-0.25, -0.2) is 0 Å². The molecule has 1 amide bonds. The number of aliphatic hydroxyl groups is 1. The fourth-order valence-electron chi connectivity index (χ4n) is 3.21. The van der Waals surface area contributed by atoms with Crippen LogP contribution in [0.3, 0.4) is 0 Å². The molecule has 26 heavy (non-hydrogen) atoms. The Bertz CT molecular complexity index is 710. The maximum atomic E-state index is 12.9. The van der Waals surface area contributed by atoms with E-state index in [0.29, 0.717) is 17.9 Å². The van der Waals surface area contributed by atoms with Gasteiger partial charge in [-0.1, -0.05) is 31.4 Å². The van der Waals surface area contributed by atoms with Crippen LogP contribution in [0.2, 0.25) is 0 Å². The molecule has 138 valence electrons. The number of anilines is 1. The van der Waals surface area contributed by atoms with E-state index < -0.39 is 0 Å². The largest absolute Gasteiger partial charge is 0.395 e. The molecule has 1 aliphatic rings. The molecule has 1 aliphatic heterocycles. The third-order valence-electron chi connectivity index (χ3n) is 4.63. The molecule has 0 saturated carbocycles. The van der Waals surface area contributed by atoms with Crippen LogP contribution in [0.15, 0.2) is 36.4 Å². The maximum Gasteiger partial charge on any atom is 0.253 e. The number of amides is 1. The van der Waals surface area contributed by atoms with Gasteiger partial charge in [-0.3, -0.25) is 4.79 Å². The Hall–Kier alpha value is -2.47. The van der Waals surface area contributed by atoms with E-state index in [9.17, 15) is 4.79 Å². The number of aromatic nitrogens is 2. The van der Waals surface area contributed by atoms with E-state index in [1.165, 1.54) is 19.3 Å². The fourth-order valence-corrected chi connectivity index (χ4v) is 3.21. The minimum atomic E-state index is 0.0457. The molecule has 6 nitrogen and oxygen atoms in total. The van der Waals surface area contributed by atoms with Gasteiger partial charge in [0.25, 0.3) is 5.91 Å². The van der Waals surface area contributed by atoms with E-state index in [4.69, 9.17) is 5.11 Å². The van der Waals surface area contributed by atoms with Crippen LogP contribution in [0.4, 0.5) is 5.82 Å². The zero-order valence-electron chi connectivity index (χ0n) is 15.0. The number of nitrogens with zero attached hydrogens (tertiary/aromatic N) is 3. The van der Waals surface area contributed by atoms with E-state index in [1.807, 2.05) is 41.3 Å². The zero-order chi connectivity index (χ0) is 18.2. The lowest BCUT2D eigenvalue weighted by Crippen LogP contribution is -2.33. The van der Waals surface area contributed by atoms with Crippen molar-refractivity contribution in [3.63, 3.8) is 0 Å². The minimum absolute atomic E-state index is 0.0457. The molecule has 0 spiro atoms. The van der Waals surface area contributed by atoms with E-state index in [2.05, 4.69) is 15.5 Å². The first-order chi connectivity index (χ1) is 12.8. The molecule has 0 radical (unpaired) electrons. The number of carbonyl (C=O) groups is 1. The summed E-state index contributed by atoms with van der Waals surface area (Å²) in [5.41, 5.74) is 2.30. The summed E-state index contributed by atoms with van der Waals surface area (Å²) in [6.45, 7) is 2.17. The maximum absolute atomic E-state index is 12.9. The Morgan fingerprint density at radius 3 is 2.50 bits per heavy atom. The van der Waals surface area contributed by atoms with Gasteiger partial charge in [-0.15, -0.1) is 10.2 Å². The summed E-state index contributed by atoms with van der Waals surface area (Å²) < 4.78 is 0. The molecule has 6 heteroatoms. The van der Waals surface area contributed by atoms with Gasteiger partial charge in [-0.2, -0.15) is 0 Å². The summed E-state index contributed by atoms with van der Waals surface area (Å²) in [6.07, 6.45) is 5.85. The molecule has 0 atom stereocenters. The van der Waals surface area contributed by atoms with Gasteiger partial charge in [0.2, 0.25) is 0 Å². The van der Waals surface area contributed by atoms with Crippen molar-refractivity contribution >= 4 is 11.7 Å². The zero-order valence-corrected chi connectivity index (χ0v) is 15.0. The quantitative estimate of drug-likeness (QED) is 0.863. The Labute approximate surface area is 154 Å². The SMILES string of the molecule is O=C(c1cccc(-c2ccc(NCCO)nn2)c1)N1CCCCCCC1. The number of likely N-dealkylation sites (tertiary alicyclic amines) is 1. The van der Waals surface area contributed by atoms with Crippen LogP contribution >= 0.6 is 0 Å². The lowest BCUT2D eigenvalue weighted by molar-refractivity contribution is 0.0742. The first-order valence-corrected chi connectivity index (χ1v) is 9.36. The molecule has 1 saturated heterocycles. The first-order valence-electron chi connectivity index (χ1n) is 9.36. The summed E-state index contributed by atoms with van der Waals surface area (Å²) in [4.78, 5) is 14.9. The number of carbonyl (C=O) groups excluding carboxylic acids is 1. The number of rotatable bonds is 5. The summed E-state index contributed by atoms with van der Waals surface area (Å²) >= 11 is 0. The lowest BCUT2D eigenvalue weighted by atomic mass is 10.0. The van der Waals surface area contributed by atoms with Gasteiger partial charge in [-0.05, 0) is 37.1 Å². The Morgan fingerprint density at radius 2 is 1.81 bits per heavy atom. The molecule has 0 aliphatic carbocycles. The highest BCUT2D eigenvalue weighted by molar-refractivity contribution is 5.95. The van der Waals surface area contributed by atoms with Crippen molar-refractivity contribution in [1.29, 1.82) is 0 Å². The van der Waals surface area contributed by atoms with Crippen LogP contribution in [0, 0.1) is 0 Å². The van der Waals surface area contributed by atoms with Gasteiger partial charge in [0.15, 0.2) is 0 Å². The molecule has 2 aromatic rings. The Balaban J connectivity index is 1.73. The van der Waals surface area contributed by atoms with Gasteiger partial charge >= 0.3 is 0 Å². The minimum Gasteiger partial charge on any atom is -0.395 e. The second kappa shape index (κ2) is 9.29. The van der Waals surface area contributed by atoms with Crippen LogP contribution in [0.5, 0.6) is 0 Å². The number of nitrogens with one attached hydrogen (secondary N) is 1. The number of benzene rings is 1. The van der Waals surface area contributed by atoms with Crippen molar-refractivity contribution in [3.8, 4) is 11.3 Å². The van der Waals surface area contributed by atoms with Crippen molar-refractivity contribution in [2.24, 2.45) is 0 Å². The van der Waals surface area contributed by atoms with E-state index >= 15 is 0 Å². The Kier molecular flexibility index (Phi) is 6.55. The molecular formula is C20H26N4O2. The normalized spacial score (nSPS) is 15.2. The highest BCUT2D eigenvalue weighted by atomic mass is 16.3. The average molecular weight is 354 g/mol. The van der Waals surface area contributed by atoms with Gasteiger partial charge in [0.05, 0.1) is 12.3 Å². The van der Waals surface area contributed by atoms with Crippen LogP contribution in [-0.2, 0) is 0 Å². The highest BCUT2D eigenvalue weighted by Gasteiger charge is 2.17. The smallest absolute Gasteiger partial charge is 0.253 e. The van der Waals surface area contributed by atoms with E-state index in [0.717, 1.165) is 37.2 Å². The van der Waals surface area contributed by atoms with Gasteiger partial charge in [0.1, 0.15) is 5.82 Å². The van der Waals surface area contributed by atoms with Crippen LogP contribution in [-0.4, -0.2) is 52.4 Å². The highest BCUT2D eigenvalue weighted by Crippen LogP contribution is 2.20. The van der Waals surface area contributed by atoms with Gasteiger partial charge < -0.3 is 15.3 Å². The Morgan fingerprint density at radius 1 is 1.04 bits per heavy atom.